The number of aliphatic hydroxyl groups excluding tert-OH is 4. The maximum absolute atomic E-state index is 13.0. The quantitative estimate of drug-likeness (QED) is 0.0130. The average Bonchev–Trinajstić information content (AvgIpc) is 3.26. The van der Waals surface area contributed by atoms with Crippen LogP contribution in [0, 0.1) is 0 Å². The van der Waals surface area contributed by atoms with Gasteiger partial charge in [-0.1, -0.05) is 173 Å². The first kappa shape index (κ1) is 61.5. The Bertz CT molecular complexity index is 1360. The number of allylic oxidation sites excluding steroid dienone is 4. The van der Waals surface area contributed by atoms with Crippen molar-refractivity contribution in [3.63, 3.8) is 0 Å². The van der Waals surface area contributed by atoms with Crippen molar-refractivity contribution in [2.75, 3.05) is 13.2 Å². The molecular weight excluding hydrogens is 882 g/mol. The van der Waals surface area contributed by atoms with Crippen molar-refractivity contribution in [1.82, 2.24) is 0 Å². The number of unbranched alkanes of at least 4 members (excludes halogenated alkanes) is 24. The Balaban J connectivity index is 2.54. The van der Waals surface area contributed by atoms with Gasteiger partial charge in [-0.3, -0.25) is 23.2 Å². The summed E-state index contributed by atoms with van der Waals surface area (Å²) < 4.78 is 49.4. The van der Waals surface area contributed by atoms with E-state index in [-0.39, 0.29) is 12.8 Å². The molecule has 18 heteroatoms. The van der Waals surface area contributed by atoms with E-state index in [0.717, 1.165) is 64.2 Å². The molecule has 0 aromatic rings. The Kier molecular flexibility index (Phi) is 36.3. The lowest BCUT2D eigenvalue weighted by Gasteiger charge is -2.43. The maximum Gasteiger partial charge on any atom is 0.472 e. The fourth-order valence-corrected chi connectivity index (χ4v) is 9.18. The number of rotatable bonds is 42. The highest BCUT2D eigenvalue weighted by atomic mass is 31.2. The van der Waals surface area contributed by atoms with Crippen LogP contribution in [0.2, 0.25) is 0 Å². The fraction of sp³-hybridized carbons (Fsp3) is 0.872. The number of hydrogen-bond acceptors (Lipinski definition) is 13. The molecule has 0 aromatic carbocycles. The van der Waals surface area contributed by atoms with Crippen LogP contribution in [0.3, 0.4) is 0 Å². The molecule has 1 rings (SSSR count). The Labute approximate surface area is 390 Å². The second kappa shape index (κ2) is 38.3. The largest absolute Gasteiger partial charge is 0.472 e. The van der Waals surface area contributed by atoms with E-state index in [0.29, 0.717) is 12.8 Å². The van der Waals surface area contributed by atoms with Gasteiger partial charge in [0, 0.05) is 12.8 Å². The van der Waals surface area contributed by atoms with Crippen molar-refractivity contribution in [3.8, 4) is 0 Å². The minimum Gasteiger partial charge on any atom is -0.462 e. The molecule has 1 aliphatic carbocycles. The van der Waals surface area contributed by atoms with Crippen molar-refractivity contribution in [2.24, 2.45) is 0 Å². The van der Waals surface area contributed by atoms with Crippen molar-refractivity contribution >= 4 is 27.6 Å². The third kappa shape index (κ3) is 32.8. The molecule has 65 heavy (non-hydrogen) atoms. The molecule has 0 saturated heterocycles. The number of aliphatic hydroxyl groups is 4. The predicted molar refractivity (Wildman–Crippen MR) is 251 cm³/mol. The molecule has 0 amide bonds. The average molecular weight is 971 g/mol. The Morgan fingerprint density at radius 2 is 0.892 bits per heavy atom. The van der Waals surface area contributed by atoms with Gasteiger partial charge in [-0.05, 0) is 44.9 Å². The Morgan fingerprint density at radius 3 is 1.37 bits per heavy atom. The lowest BCUT2D eigenvalue weighted by Crippen LogP contribution is -2.64. The summed E-state index contributed by atoms with van der Waals surface area (Å²) >= 11 is 0. The molecule has 16 nitrogen and oxygen atoms in total. The van der Waals surface area contributed by atoms with Gasteiger partial charge in [0.2, 0.25) is 0 Å². The minimum atomic E-state index is -5.36. The normalized spacial score (nSPS) is 21.8. The molecule has 7 N–H and O–H groups in total. The van der Waals surface area contributed by atoms with Crippen molar-refractivity contribution in [3.05, 3.63) is 24.3 Å². The molecule has 0 bridgehead atoms. The summed E-state index contributed by atoms with van der Waals surface area (Å²) in [6.45, 7) is 3.10. The van der Waals surface area contributed by atoms with E-state index in [4.69, 9.17) is 18.5 Å². The summed E-state index contributed by atoms with van der Waals surface area (Å²) in [5.74, 6) is -1.20. The van der Waals surface area contributed by atoms with Gasteiger partial charge >= 0.3 is 27.6 Å². The number of carbonyl (C=O) groups is 2. The molecule has 382 valence electrons. The van der Waals surface area contributed by atoms with Gasteiger partial charge in [0.15, 0.2) is 6.10 Å². The van der Waals surface area contributed by atoms with E-state index in [2.05, 4.69) is 42.7 Å². The van der Waals surface area contributed by atoms with Gasteiger partial charge in [0.1, 0.15) is 43.2 Å². The van der Waals surface area contributed by atoms with Crippen LogP contribution in [0.5, 0.6) is 0 Å². The summed E-state index contributed by atoms with van der Waals surface area (Å²) in [5.41, 5.74) is 0. The summed E-state index contributed by atoms with van der Waals surface area (Å²) in [6, 6.07) is 0. The third-order valence-electron chi connectivity index (χ3n) is 11.5. The third-order valence-corrected chi connectivity index (χ3v) is 13.0. The van der Waals surface area contributed by atoms with Crippen LogP contribution in [0.15, 0.2) is 24.3 Å². The lowest BCUT2D eigenvalue weighted by molar-refractivity contribution is -0.216. The molecule has 0 heterocycles. The first-order chi connectivity index (χ1) is 31.1. The summed E-state index contributed by atoms with van der Waals surface area (Å²) in [5, 5.41) is 41.2. The molecule has 1 saturated carbocycles. The summed E-state index contributed by atoms with van der Waals surface area (Å²) in [4.78, 5) is 54.3. The molecule has 1 fully saturated rings. The molecular formula is C47H88O16P2. The van der Waals surface area contributed by atoms with Gasteiger partial charge in [0.05, 0.1) is 6.61 Å². The first-order valence-electron chi connectivity index (χ1n) is 24.9. The first-order valence-corrected chi connectivity index (χ1v) is 27.9. The monoisotopic (exact) mass is 971 g/mol. The molecule has 5 unspecified atom stereocenters. The number of phosphoric acid groups is 2. The fourth-order valence-electron chi connectivity index (χ4n) is 7.65. The smallest absolute Gasteiger partial charge is 0.462 e. The summed E-state index contributed by atoms with van der Waals surface area (Å²) in [7, 11) is -10.7. The van der Waals surface area contributed by atoms with Crippen LogP contribution in [-0.2, 0) is 41.8 Å². The summed E-state index contributed by atoms with van der Waals surface area (Å²) in [6.07, 6.45) is 25.6. The topological polar surface area (TPSA) is 256 Å². The van der Waals surface area contributed by atoms with Gasteiger partial charge in [-0.25, -0.2) is 9.13 Å². The van der Waals surface area contributed by atoms with Crippen molar-refractivity contribution < 1.29 is 76.9 Å². The van der Waals surface area contributed by atoms with E-state index in [1.165, 1.54) is 103 Å². The zero-order valence-electron chi connectivity index (χ0n) is 39.7. The zero-order chi connectivity index (χ0) is 48.2. The van der Waals surface area contributed by atoms with Crippen molar-refractivity contribution in [2.45, 2.75) is 249 Å². The second-order valence-electron chi connectivity index (χ2n) is 17.5. The highest BCUT2D eigenvalue weighted by Crippen LogP contribution is 2.49. The zero-order valence-corrected chi connectivity index (χ0v) is 41.5. The SMILES string of the molecule is CCCCC/C=C\C/C=C\CCCCCCCCCCCC(=O)OC[C@H](COP(=O)(O)O[C@H]1C(O)C(O)C(O)[C@@H](OP(=O)(O)O)C1O)OC(=O)CCCCCCCCCCCCCCC. The molecule has 0 aliphatic heterocycles. The van der Waals surface area contributed by atoms with Crippen LogP contribution in [-0.4, -0.2) is 103 Å². The molecule has 8 atom stereocenters. The molecule has 0 spiro atoms. The van der Waals surface area contributed by atoms with E-state index in [9.17, 15) is 53.8 Å². The van der Waals surface area contributed by atoms with E-state index in [1.807, 2.05) is 0 Å². The van der Waals surface area contributed by atoms with E-state index >= 15 is 0 Å². The highest BCUT2D eigenvalue weighted by molar-refractivity contribution is 7.47. The predicted octanol–water partition coefficient (Wildman–Crippen LogP) is 9.73. The molecule has 0 aromatic heterocycles. The van der Waals surface area contributed by atoms with E-state index in [1.54, 1.807) is 0 Å². The van der Waals surface area contributed by atoms with Gasteiger partial charge in [-0.15, -0.1) is 0 Å². The van der Waals surface area contributed by atoms with Gasteiger partial charge < -0.3 is 44.6 Å². The van der Waals surface area contributed by atoms with Crippen LogP contribution < -0.4 is 0 Å². The number of phosphoric ester groups is 2. The number of ether oxygens (including phenoxy) is 2. The van der Waals surface area contributed by atoms with Crippen LogP contribution in [0.25, 0.3) is 0 Å². The Morgan fingerprint density at radius 1 is 0.492 bits per heavy atom. The second-order valence-corrected chi connectivity index (χ2v) is 20.1. The minimum absolute atomic E-state index is 0.0475. The van der Waals surface area contributed by atoms with Gasteiger partial charge in [-0.2, -0.15) is 0 Å². The van der Waals surface area contributed by atoms with Crippen molar-refractivity contribution in [1.29, 1.82) is 0 Å². The number of hydrogen-bond donors (Lipinski definition) is 7. The van der Waals surface area contributed by atoms with Gasteiger partial charge in [0.25, 0.3) is 0 Å². The lowest BCUT2D eigenvalue weighted by atomic mass is 9.85. The maximum atomic E-state index is 13.0. The van der Waals surface area contributed by atoms with E-state index < -0.39 is 83.5 Å². The van der Waals surface area contributed by atoms with Crippen LogP contribution >= 0.6 is 15.6 Å². The molecule has 0 radical (unpaired) electrons. The molecule has 1 aliphatic rings. The number of esters is 2. The van der Waals surface area contributed by atoms with Crippen LogP contribution in [0.1, 0.15) is 206 Å². The number of carbonyl (C=O) groups excluding carboxylic acids is 2. The Hall–Kier alpha value is -1.52. The van der Waals surface area contributed by atoms with Crippen LogP contribution in [0.4, 0.5) is 0 Å². The standard InChI is InChI=1S/C47H88O16P2/c1-3-5-7-9-11-13-15-17-18-19-20-21-22-24-25-27-29-31-33-35-40(48)59-37-39(61-41(49)36-34-32-30-28-26-23-16-14-12-10-8-6-4-2)38-60-65(57,58)63-47-44(52)42(50)43(51)46(45(47)53)62-64(54,55)56/h11,13,17-18,39,42-47,50-53H,3-10,12,14-16,19-38H2,1-2H3,(H,57,58)(H2,54,55,56)/b13-11-,18-17-/t39-,42?,43?,44?,45?,46-,47+/m1/s1. The highest BCUT2D eigenvalue weighted by Gasteiger charge is 2.54.